The maximum atomic E-state index is 12.4. The van der Waals surface area contributed by atoms with E-state index in [1.54, 1.807) is 19.1 Å². The fourth-order valence-corrected chi connectivity index (χ4v) is 3.51. The van der Waals surface area contributed by atoms with Gasteiger partial charge in [-0.2, -0.15) is 0 Å². The number of hydrogen-bond acceptors (Lipinski definition) is 7. The van der Waals surface area contributed by atoms with Gasteiger partial charge in [-0.1, -0.05) is 18.2 Å². The topological polar surface area (TPSA) is 77.3 Å². The molecule has 0 radical (unpaired) electrons. The Labute approximate surface area is 187 Å². The number of carbonyl (C=O) groups is 1. The number of aromatic nitrogens is 1. The molecule has 0 bridgehead atoms. The number of methoxy groups -OCH3 is 1. The lowest BCUT2D eigenvalue weighted by molar-refractivity contribution is 0.0796. The van der Waals surface area contributed by atoms with E-state index < -0.39 is 0 Å². The molecule has 0 saturated carbocycles. The van der Waals surface area contributed by atoms with Gasteiger partial charge in [0, 0.05) is 26.7 Å². The lowest BCUT2D eigenvalue weighted by Gasteiger charge is -2.21. The Morgan fingerprint density at radius 2 is 1.84 bits per heavy atom. The van der Waals surface area contributed by atoms with Crippen LogP contribution in [0.3, 0.4) is 0 Å². The third kappa shape index (κ3) is 5.03. The monoisotopic (exact) mass is 437 g/mol. The number of nitrogens with zero attached hydrogens (tertiary/aromatic N) is 3. The number of oxazole rings is 1. The fourth-order valence-electron chi connectivity index (χ4n) is 3.51. The van der Waals surface area contributed by atoms with E-state index in [-0.39, 0.29) is 12.7 Å². The van der Waals surface area contributed by atoms with Crippen molar-refractivity contribution in [1.82, 2.24) is 14.8 Å². The zero-order valence-corrected chi connectivity index (χ0v) is 18.5. The molecule has 2 heterocycles. The first-order chi connectivity index (χ1) is 15.6. The zero-order valence-electron chi connectivity index (χ0n) is 18.5. The summed E-state index contributed by atoms with van der Waals surface area (Å²) in [5.74, 6) is 2.63. The van der Waals surface area contributed by atoms with Gasteiger partial charge in [-0.25, -0.2) is 4.98 Å². The smallest absolute Gasteiger partial charge is 0.275 e. The molecule has 32 heavy (non-hydrogen) atoms. The normalized spacial score (nSPS) is 12.2. The molecule has 1 amide bonds. The Morgan fingerprint density at radius 3 is 2.62 bits per heavy atom. The van der Waals surface area contributed by atoms with Crippen molar-refractivity contribution in [3.8, 4) is 17.2 Å². The van der Waals surface area contributed by atoms with Crippen LogP contribution in [0.25, 0.3) is 0 Å². The SMILES string of the molecule is CCN(C)C(=O)c1coc(CN(Cc2cccc(OC)c2)Cc2ccc3c(c2)OCO3)n1. The average molecular weight is 437 g/mol. The maximum Gasteiger partial charge on any atom is 0.275 e. The second-order valence-electron chi connectivity index (χ2n) is 7.63. The molecule has 0 saturated heterocycles. The minimum Gasteiger partial charge on any atom is -0.497 e. The first-order valence-corrected chi connectivity index (χ1v) is 10.5. The molecule has 1 aliphatic heterocycles. The van der Waals surface area contributed by atoms with Gasteiger partial charge in [0.2, 0.25) is 12.7 Å². The Balaban J connectivity index is 1.54. The van der Waals surface area contributed by atoms with E-state index in [9.17, 15) is 4.79 Å². The minimum atomic E-state index is -0.155. The standard InChI is InChI=1S/C24H27N3O5/c1-4-26(2)24(28)20-15-30-23(25-20)14-27(12-17-6-5-7-19(10-17)29-3)13-18-8-9-21-22(11-18)32-16-31-21/h5-11,15H,4,12-14,16H2,1-3H3. The van der Waals surface area contributed by atoms with Crippen molar-refractivity contribution in [2.24, 2.45) is 0 Å². The van der Waals surface area contributed by atoms with Crippen LogP contribution in [0.5, 0.6) is 17.2 Å². The molecular formula is C24H27N3O5. The third-order valence-corrected chi connectivity index (χ3v) is 5.33. The zero-order chi connectivity index (χ0) is 22.5. The van der Waals surface area contributed by atoms with E-state index in [0.29, 0.717) is 37.8 Å². The molecule has 3 aromatic rings. The van der Waals surface area contributed by atoms with E-state index in [1.807, 2.05) is 43.3 Å². The molecule has 0 spiro atoms. The van der Waals surface area contributed by atoms with Crippen molar-refractivity contribution in [1.29, 1.82) is 0 Å². The second kappa shape index (κ2) is 9.74. The van der Waals surface area contributed by atoms with Crippen LogP contribution in [0, 0.1) is 0 Å². The predicted molar refractivity (Wildman–Crippen MR) is 118 cm³/mol. The van der Waals surface area contributed by atoms with Crippen LogP contribution in [0.15, 0.2) is 53.1 Å². The van der Waals surface area contributed by atoms with E-state index in [1.165, 1.54) is 6.26 Å². The highest BCUT2D eigenvalue weighted by Gasteiger charge is 2.19. The lowest BCUT2D eigenvalue weighted by atomic mass is 10.1. The van der Waals surface area contributed by atoms with Gasteiger partial charge in [0.05, 0.1) is 13.7 Å². The van der Waals surface area contributed by atoms with Crippen molar-refractivity contribution < 1.29 is 23.4 Å². The Morgan fingerprint density at radius 1 is 1.06 bits per heavy atom. The van der Waals surface area contributed by atoms with Gasteiger partial charge < -0.3 is 23.5 Å². The number of carbonyl (C=O) groups excluding carboxylic acids is 1. The van der Waals surface area contributed by atoms with Crippen LogP contribution in [0.1, 0.15) is 34.4 Å². The molecular weight excluding hydrogens is 410 g/mol. The molecule has 4 rings (SSSR count). The van der Waals surface area contributed by atoms with Crippen LogP contribution in [-0.2, 0) is 19.6 Å². The van der Waals surface area contributed by atoms with Gasteiger partial charge in [-0.05, 0) is 42.3 Å². The Kier molecular flexibility index (Phi) is 6.61. The molecule has 2 aromatic carbocycles. The number of rotatable bonds is 9. The average Bonchev–Trinajstić information content (AvgIpc) is 3.47. The minimum absolute atomic E-state index is 0.155. The van der Waals surface area contributed by atoms with Crippen molar-refractivity contribution in [3.63, 3.8) is 0 Å². The summed E-state index contributed by atoms with van der Waals surface area (Å²) in [7, 11) is 3.40. The van der Waals surface area contributed by atoms with E-state index in [4.69, 9.17) is 18.6 Å². The molecule has 0 atom stereocenters. The first-order valence-electron chi connectivity index (χ1n) is 10.5. The van der Waals surface area contributed by atoms with Crippen LogP contribution in [0.2, 0.25) is 0 Å². The molecule has 0 unspecified atom stereocenters. The van der Waals surface area contributed by atoms with Crippen LogP contribution >= 0.6 is 0 Å². The molecule has 1 aliphatic rings. The van der Waals surface area contributed by atoms with Crippen molar-refractivity contribution >= 4 is 5.91 Å². The van der Waals surface area contributed by atoms with Crippen molar-refractivity contribution in [2.45, 2.75) is 26.6 Å². The van der Waals surface area contributed by atoms with E-state index in [2.05, 4.69) is 16.0 Å². The van der Waals surface area contributed by atoms with Crippen LogP contribution < -0.4 is 14.2 Å². The number of ether oxygens (including phenoxy) is 3. The summed E-state index contributed by atoms with van der Waals surface area (Å²) in [5, 5.41) is 0. The fraction of sp³-hybridized carbons (Fsp3) is 0.333. The summed E-state index contributed by atoms with van der Waals surface area (Å²) in [4.78, 5) is 20.6. The molecule has 0 aliphatic carbocycles. The highest BCUT2D eigenvalue weighted by atomic mass is 16.7. The summed E-state index contributed by atoms with van der Waals surface area (Å²) < 4.78 is 21.9. The van der Waals surface area contributed by atoms with Gasteiger partial charge >= 0.3 is 0 Å². The third-order valence-electron chi connectivity index (χ3n) is 5.33. The van der Waals surface area contributed by atoms with E-state index >= 15 is 0 Å². The molecule has 8 nitrogen and oxygen atoms in total. The summed E-state index contributed by atoms with van der Waals surface area (Å²) in [5.41, 5.74) is 2.48. The molecule has 168 valence electrons. The van der Waals surface area contributed by atoms with Gasteiger partial charge in [0.15, 0.2) is 17.2 Å². The number of hydrogen-bond donors (Lipinski definition) is 0. The lowest BCUT2D eigenvalue weighted by Crippen LogP contribution is -2.26. The Hall–Kier alpha value is -3.52. The number of amides is 1. The van der Waals surface area contributed by atoms with Gasteiger partial charge in [-0.3, -0.25) is 9.69 Å². The summed E-state index contributed by atoms with van der Waals surface area (Å²) in [6.07, 6.45) is 1.42. The largest absolute Gasteiger partial charge is 0.497 e. The summed E-state index contributed by atoms with van der Waals surface area (Å²) in [6, 6.07) is 13.9. The molecule has 0 N–H and O–H groups in total. The number of fused-ring (bicyclic) bond motifs is 1. The highest BCUT2D eigenvalue weighted by Crippen LogP contribution is 2.33. The van der Waals surface area contributed by atoms with Gasteiger partial charge in [0.1, 0.15) is 12.0 Å². The van der Waals surface area contributed by atoms with Crippen molar-refractivity contribution in [3.05, 3.63) is 71.4 Å². The van der Waals surface area contributed by atoms with Gasteiger partial charge in [0.25, 0.3) is 5.91 Å². The summed E-state index contributed by atoms with van der Waals surface area (Å²) >= 11 is 0. The van der Waals surface area contributed by atoms with Crippen LogP contribution in [0.4, 0.5) is 0 Å². The molecule has 1 aromatic heterocycles. The van der Waals surface area contributed by atoms with Crippen LogP contribution in [-0.4, -0.2) is 48.2 Å². The quantitative estimate of drug-likeness (QED) is 0.505. The Bertz CT molecular complexity index is 1080. The predicted octanol–water partition coefficient (Wildman–Crippen LogP) is 3.71. The van der Waals surface area contributed by atoms with Gasteiger partial charge in [-0.15, -0.1) is 0 Å². The highest BCUT2D eigenvalue weighted by molar-refractivity contribution is 5.91. The molecule has 8 heteroatoms. The van der Waals surface area contributed by atoms with Crippen molar-refractivity contribution in [2.75, 3.05) is 27.5 Å². The number of benzene rings is 2. The molecule has 0 fully saturated rings. The first kappa shape index (κ1) is 21.7. The second-order valence-corrected chi connectivity index (χ2v) is 7.63. The summed E-state index contributed by atoms with van der Waals surface area (Å²) in [6.45, 7) is 4.48. The maximum absolute atomic E-state index is 12.4. The van der Waals surface area contributed by atoms with E-state index in [0.717, 1.165) is 28.4 Å².